The van der Waals surface area contributed by atoms with Crippen molar-refractivity contribution < 1.29 is 4.79 Å². The van der Waals surface area contributed by atoms with E-state index in [0.717, 1.165) is 17.6 Å². The fourth-order valence-electron chi connectivity index (χ4n) is 4.02. The van der Waals surface area contributed by atoms with Gasteiger partial charge in [-0.3, -0.25) is 4.79 Å². The Hall–Kier alpha value is -3.65. The highest BCUT2D eigenvalue weighted by Gasteiger charge is 2.08. The molecule has 0 bridgehead atoms. The maximum absolute atomic E-state index is 9.99. The maximum Gasteiger partial charge on any atom is 0.207 e. The van der Waals surface area contributed by atoms with E-state index in [9.17, 15) is 4.79 Å². The summed E-state index contributed by atoms with van der Waals surface area (Å²) in [6.45, 7) is 21.7. The third-order valence-electron chi connectivity index (χ3n) is 6.10. The van der Waals surface area contributed by atoms with Gasteiger partial charge >= 0.3 is 0 Å². The summed E-state index contributed by atoms with van der Waals surface area (Å²) in [4.78, 5) is 9.99. The number of carbonyl (C=O) groups is 1. The highest BCUT2D eigenvalue weighted by molar-refractivity contribution is 5.86. The standard InChI is InChI=1S/C23H26.C10H13NO.C2H6/c1-7-21(23-14-16(2)12-13-18(23)4)19(5)15-20(6)22-11-9-8-10-17(22)3;1-2-9-3-5-10(6-4-9)7-11-8-12;1-2/h7-15H,5H2,1-4,6H3;3-6,8H,2,7H2,1H3,(H,11,12);1-2H3/b20-15-,21-7-;;. The van der Waals surface area contributed by atoms with E-state index in [2.05, 4.69) is 120 Å². The van der Waals surface area contributed by atoms with Crippen molar-refractivity contribution in [2.75, 3.05) is 0 Å². The van der Waals surface area contributed by atoms with E-state index in [4.69, 9.17) is 0 Å². The number of hydrogen-bond acceptors (Lipinski definition) is 1. The number of allylic oxidation sites excluding steroid dienone is 5. The zero-order valence-electron chi connectivity index (χ0n) is 24.1. The van der Waals surface area contributed by atoms with E-state index in [1.807, 2.05) is 26.0 Å². The fourth-order valence-corrected chi connectivity index (χ4v) is 4.02. The van der Waals surface area contributed by atoms with Gasteiger partial charge in [-0.1, -0.05) is 112 Å². The first-order valence-corrected chi connectivity index (χ1v) is 13.2. The van der Waals surface area contributed by atoms with Crippen molar-refractivity contribution in [2.24, 2.45) is 0 Å². The highest BCUT2D eigenvalue weighted by Crippen LogP contribution is 2.29. The number of rotatable bonds is 8. The van der Waals surface area contributed by atoms with Gasteiger partial charge in [0.25, 0.3) is 0 Å². The summed E-state index contributed by atoms with van der Waals surface area (Å²) < 4.78 is 0. The number of hydrogen-bond donors (Lipinski definition) is 1. The minimum absolute atomic E-state index is 0.619. The Balaban J connectivity index is 0.000000411. The van der Waals surface area contributed by atoms with E-state index >= 15 is 0 Å². The van der Waals surface area contributed by atoms with Gasteiger partial charge in [0.2, 0.25) is 6.41 Å². The van der Waals surface area contributed by atoms with Crippen molar-refractivity contribution in [3.8, 4) is 0 Å². The second-order valence-electron chi connectivity index (χ2n) is 8.86. The highest BCUT2D eigenvalue weighted by atomic mass is 16.1. The van der Waals surface area contributed by atoms with Crippen LogP contribution in [0.5, 0.6) is 0 Å². The molecule has 0 aromatic heterocycles. The minimum atomic E-state index is 0.619. The average molecular weight is 496 g/mol. The first kappa shape index (κ1) is 31.4. The van der Waals surface area contributed by atoms with Crippen molar-refractivity contribution in [1.29, 1.82) is 0 Å². The quantitative estimate of drug-likeness (QED) is 0.245. The molecule has 0 aliphatic rings. The van der Waals surface area contributed by atoms with Crippen LogP contribution >= 0.6 is 0 Å². The molecule has 2 nitrogen and oxygen atoms in total. The van der Waals surface area contributed by atoms with Crippen LogP contribution in [0.15, 0.2) is 91.0 Å². The number of nitrogens with one attached hydrogen (secondary N) is 1. The van der Waals surface area contributed by atoms with Crippen LogP contribution in [-0.2, 0) is 17.8 Å². The lowest BCUT2D eigenvalue weighted by molar-refractivity contribution is -0.109. The Morgan fingerprint density at radius 1 is 0.865 bits per heavy atom. The molecular formula is C35H45NO. The summed E-state index contributed by atoms with van der Waals surface area (Å²) in [6.07, 6.45) is 6.13. The summed E-state index contributed by atoms with van der Waals surface area (Å²) in [7, 11) is 0. The number of aryl methyl sites for hydroxylation is 4. The van der Waals surface area contributed by atoms with Crippen molar-refractivity contribution >= 4 is 17.6 Å². The molecule has 0 fully saturated rings. The van der Waals surface area contributed by atoms with Crippen molar-refractivity contribution in [3.05, 3.63) is 130 Å². The maximum atomic E-state index is 9.99. The molecule has 3 aromatic rings. The molecule has 0 heterocycles. The molecule has 196 valence electrons. The van der Waals surface area contributed by atoms with Gasteiger partial charge in [0.15, 0.2) is 0 Å². The third-order valence-corrected chi connectivity index (χ3v) is 6.10. The molecule has 0 aliphatic carbocycles. The molecule has 0 radical (unpaired) electrons. The van der Waals surface area contributed by atoms with E-state index in [-0.39, 0.29) is 0 Å². The predicted molar refractivity (Wildman–Crippen MR) is 164 cm³/mol. The van der Waals surface area contributed by atoms with Crippen LogP contribution in [0, 0.1) is 20.8 Å². The summed E-state index contributed by atoms with van der Waals surface area (Å²) in [5, 5.41) is 2.62. The Bertz CT molecular complexity index is 1200. The molecule has 0 saturated heterocycles. The molecule has 0 aliphatic heterocycles. The molecule has 0 unspecified atom stereocenters. The Kier molecular flexibility index (Phi) is 14.3. The Morgan fingerprint density at radius 2 is 1.46 bits per heavy atom. The molecule has 0 saturated carbocycles. The van der Waals surface area contributed by atoms with E-state index < -0.39 is 0 Å². The molecule has 3 aromatic carbocycles. The SMILES string of the molecule is C=C(/C=C(/C)c1ccccc1C)/C(=C/C)c1cc(C)ccc1C.CC.CCc1ccc(CNC=O)cc1. The Labute approximate surface area is 225 Å². The number of amides is 1. The van der Waals surface area contributed by atoms with E-state index in [1.54, 1.807) is 0 Å². The van der Waals surface area contributed by atoms with Crippen LogP contribution in [0.4, 0.5) is 0 Å². The van der Waals surface area contributed by atoms with Gasteiger partial charge in [0, 0.05) is 6.54 Å². The number of carbonyl (C=O) groups excluding carboxylic acids is 1. The van der Waals surface area contributed by atoms with Crippen LogP contribution < -0.4 is 5.32 Å². The average Bonchev–Trinajstić information content (AvgIpc) is 2.92. The molecular weight excluding hydrogens is 450 g/mol. The van der Waals surface area contributed by atoms with E-state index in [1.165, 1.54) is 44.5 Å². The molecule has 37 heavy (non-hydrogen) atoms. The van der Waals surface area contributed by atoms with Crippen LogP contribution in [0.2, 0.25) is 0 Å². The smallest absolute Gasteiger partial charge is 0.207 e. The van der Waals surface area contributed by atoms with Crippen molar-refractivity contribution in [1.82, 2.24) is 5.32 Å². The molecule has 2 heteroatoms. The van der Waals surface area contributed by atoms with Gasteiger partial charge < -0.3 is 5.32 Å². The second kappa shape index (κ2) is 16.9. The molecule has 3 rings (SSSR count). The second-order valence-corrected chi connectivity index (χ2v) is 8.86. The summed E-state index contributed by atoms with van der Waals surface area (Å²) in [5.41, 5.74) is 12.4. The molecule has 0 atom stereocenters. The van der Waals surface area contributed by atoms with Gasteiger partial charge in [-0.25, -0.2) is 0 Å². The first-order valence-electron chi connectivity index (χ1n) is 13.2. The van der Waals surface area contributed by atoms with Crippen LogP contribution in [0.1, 0.15) is 73.6 Å². The van der Waals surface area contributed by atoms with Crippen molar-refractivity contribution in [2.45, 2.75) is 68.4 Å². The van der Waals surface area contributed by atoms with Gasteiger partial charge in [0.05, 0.1) is 0 Å². The summed E-state index contributed by atoms with van der Waals surface area (Å²) >= 11 is 0. The van der Waals surface area contributed by atoms with Gasteiger partial charge in [-0.05, 0) is 91.1 Å². The van der Waals surface area contributed by atoms with E-state index in [0.29, 0.717) is 13.0 Å². The normalized spacial score (nSPS) is 10.9. The largest absolute Gasteiger partial charge is 0.355 e. The van der Waals surface area contributed by atoms with Gasteiger partial charge in [0.1, 0.15) is 0 Å². The lowest BCUT2D eigenvalue weighted by atomic mass is 9.91. The van der Waals surface area contributed by atoms with Crippen LogP contribution in [0.25, 0.3) is 11.1 Å². The zero-order valence-corrected chi connectivity index (χ0v) is 24.1. The lowest BCUT2D eigenvalue weighted by Crippen LogP contribution is -2.09. The predicted octanol–water partition coefficient (Wildman–Crippen LogP) is 9.20. The van der Waals surface area contributed by atoms with Gasteiger partial charge in [-0.2, -0.15) is 0 Å². The summed E-state index contributed by atoms with van der Waals surface area (Å²) in [5.74, 6) is 0. The lowest BCUT2D eigenvalue weighted by Gasteiger charge is -2.14. The fraction of sp³-hybridized carbons (Fsp3) is 0.286. The third kappa shape index (κ3) is 10.1. The number of benzene rings is 3. The molecule has 1 N–H and O–H groups in total. The molecule has 1 amide bonds. The van der Waals surface area contributed by atoms with Crippen molar-refractivity contribution in [3.63, 3.8) is 0 Å². The Morgan fingerprint density at radius 3 is 2.03 bits per heavy atom. The first-order chi connectivity index (χ1) is 17.8. The van der Waals surface area contributed by atoms with Crippen LogP contribution in [-0.4, -0.2) is 6.41 Å². The topological polar surface area (TPSA) is 29.1 Å². The molecule has 0 spiro atoms. The van der Waals surface area contributed by atoms with Crippen LogP contribution in [0.3, 0.4) is 0 Å². The summed E-state index contributed by atoms with van der Waals surface area (Å²) in [6, 6.07) is 23.3. The zero-order chi connectivity index (χ0) is 27.8. The minimum Gasteiger partial charge on any atom is -0.355 e. The van der Waals surface area contributed by atoms with Gasteiger partial charge in [-0.15, -0.1) is 0 Å². The monoisotopic (exact) mass is 495 g/mol.